The number of likely N-dealkylation sites (N-methyl/N-ethyl adjacent to an activating group) is 1. The van der Waals surface area contributed by atoms with Crippen molar-refractivity contribution in [3.05, 3.63) is 23.4 Å². The van der Waals surface area contributed by atoms with Crippen LogP contribution in [0.15, 0.2) is 18.3 Å². The first-order valence-corrected chi connectivity index (χ1v) is 4.61. The van der Waals surface area contributed by atoms with Gasteiger partial charge in [-0.15, -0.1) is 0 Å². The van der Waals surface area contributed by atoms with Gasteiger partial charge in [0.05, 0.1) is 6.04 Å². The third kappa shape index (κ3) is 2.97. The number of carbonyl (C=O) groups excluding carboxylic acids is 1. The Morgan fingerprint density at radius 3 is 2.93 bits per heavy atom. The highest BCUT2D eigenvalue weighted by Gasteiger charge is 2.10. The number of halogens is 1. The molecule has 0 saturated heterocycles. The molecule has 1 aromatic rings. The van der Waals surface area contributed by atoms with E-state index >= 15 is 0 Å². The van der Waals surface area contributed by atoms with E-state index < -0.39 is 0 Å². The van der Waals surface area contributed by atoms with E-state index in [1.165, 1.54) is 0 Å². The number of nitrogens with zero attached hydrogens (tertiary/aromatic N) is 1. The number of pyridine rings is 1. The summed E-state index contributed by atoms with van der Waals surface area (Å²) >= 11 is 5.73. The molecule has 0 aliphatic heterocycles. The molecule has 0 bridgehead atoms. The Labute approximate surface area is 87.7 Å². The molecule has 0 radical (unpaired) electrons. The fourth-order valence-corrected chi connectivity index (χ4v) is 0.998. The van der Waals surface area contributed by atoms with Gasteiger partial charge in [0.15, 0.2) is 0 Å². The quantitative estimate of drug-likeness (QED) is 0.796. The normalized spacial score (nSPS) is 12.2. The van der Waals surface area contributed by atoms with E-state index in [2.05, 4.69) is 15.6 Å². The number of carbonyl (C=O) groups is 1. The molecule has 0 spiro atoms. The van der Waals surface area contributed by atoms with Crippen molar-refractivity contribution < 1.29 is 4.79 Å². The van der Waals surface area contributed by atoms with Crippen LogP contribution < -0.4 is 10.6 Å². The number of hydrogen-bond acceptors (Lipinski definition) is 3. The maximum absolute atomic E-state index is 11.4. The van der Waals surface area contributed by atoms with Crippen molar-refractivity contribution in [1.29, 1.82) is 0 Å². The fraction of sp³-hybridized carbons (Fsp3) is 0.333. The molecular weight excluding hydrogens is 202 g/mol. The SMILES string of the molecule is CNC(C)C(=O)Nc1cc(Cl)ccn1. The van der Waals surface area contributed by atoms with Crippen LogP contribution in [0.5, 0.6) is 0 Å². The second-order valence-corrected chi connectivity index (χ2v) is 3.30. The van der Waals surface area contributed by atoms with Gasteiger partial charge in [0.2, 0.25) is 5.91 Å². The number of hydrogen-bond donors (Lipinski definition) is 2. The average Bonchev–Trinajstić information content (AvgIpc) is 2.16. The standard InChI is InChI=1S/C9H12ClN3O/c1-6(11-2)9(14)13-8-5-7(10)3-4-12-8/h3-6,11H,1-2H3,(H,12,13,14). The lowest BCUT2D eigenvalue weighted by Crippen LogP contribution is -2.35. The van der Waals surface area contributed by atoms with Crippen molar-refractivity contribution in [3.8, 4) is 0 Å². The zero-order chi connectivity index (χ0) is 10.6. The molecule has 14 heavy (non-hydrogen) atoms. The van der Waals surface area contributed by atoms with Gasteiger partial charge in [-0.1, -0.05) is 11.6 Å². The third-order valence-electron chi connectivity index (χ3n) is 1.80. The maximum Gasteiger partial charge on any atom is 0.242 e. The summed E-state index contributed by atoms with van der Waals surface area (Å²) in [6.45, 7) is 1.76. The average molecular weight is 214 g/mol. The van der Waals surface area contributed by atoms with Crippen LogP contribution >= 0.6 is 11.6 Å². The minimum Gasteiger partial charge on any atom is -0.309 e. The van der Waals surface area contributed by atoms with Gasteiger partial charge in [-0.25, -0.2) is 4.98 Å². The Kier molecular flexibility index (Phi) is 3.85. The van der Waals surface area contributed by atoms with Crippen LogP contribution in [0.1, 0.15) is 6.92 Å². The van der Waals surface area contributed by atoms with Gasteiger partial charge in [-0.2, -0.15) is 0 Å². The van der Waals surface area contributed by atoms with Gasteiger partial charge >= 0.3 is 0 Å². The second kappa shape index (κ2) is 4.93. The lowest BCUT2D eigenvalue weighted by atomic mass is 10.3. The predicted octanol–water partition coefficient (Wildman–Crippen LogP) is 1.28. The Morgan fingerprint density at radius 1 is 1.64 bits per heavy atom. The molecule has 0 aliphatic carbocycles. The summed E-state index contributed by atoms with van der Waals surface area (Å²) in [7, 11) is 1.72. The van der Waals surface area contributed by atoms with E-state index in [1.54, 1.807) is 32.3 Å². The Morgan fingerprint density at radius 2 is 2.36 bits per heavy atom. The van der Waals surface area contributed by atoms with E-state index in [1.807, 2.05) is 0 Å². The molecule has 0 fully saturated rings. The molecule has 2 N–H and O–H groups in total. The number of anilines is 1. The van der Waals surface area contributed by atoms with E-state index in [0.29, 0.717) is 10.8 Å². The summed E-state index contributed by atoms with van der Waals surface area (Å²) in [5, 5.41) is 6.01. The van der Waals surface area contributed by atoms with Gasteiger partial charge in [-0.3, -0.25) is 4.79 Å². The number of nitrogens with one attached hydrogen (secondary N) is 2. The summed E-state index contributed by atoms with van der Waals surface area (Å²) in [4.78, 5) is 15.4. The molecular formula is C9H12ClN3O. The highest BCUT2D eigenvalue weighted by molar-refractivity contribution is 6.30. The van der Waals surface area contributed by atoms with Gasteiger partial charge in [0.1, 0.15) is 5.82 Å². The van der Waals surface area contributed by atoms with Crippen LogP contribution in [-0.4, -0.2) is 24.0 Å². The van der Waals surface area contributed by atoms with E-state index in [9.17, 15) is 4.79 Å². The lowest BCUT2D eigenvalue weighted by molar-refractivity contribution is -0.117. The van der Waals surface area contributed by atoms with E-state index in [4.69, 9.17) is 11.6 Å². The summed E-state index contributed by atoms with van der Waals surface area (Å²) in [5.74, 6) is 0.326. The molecule has 0 saturated carbocycles. The van der Waals surface area contributed by atoms with Gasteiger partial charge < -0.3 is 10.6 Å². The first kappa shape index (κ1) is 10.9. The molecule has 76 valence electrons. The van der Waals surface area contributed by atoms with Crippen molar-refractivity contribution in [2.75, 3.05) is 12.4 Å². The highest BCUT2D eigenvalue weighted by atomic mass is 35.5. The van der Waals surface area contributed by atoms with Crippen LogP contribution in [0.4, 0.5) is 5.82 Å². The topological polar surface area (TPSA) is 54.0 Å². The van der Waals surface area contributed by atoms with E-state index in [0.717, 1.165) is 0 Å². The molecule has 1 amide bonds. The number of rotatable bonds is 3. The zero-order valence-electron chi connectivity index (χ0n) is 8.04. The smallest absolute Gasteiger partial charge is 0.242 e. The Hall–Kier alpha value is -1.13. The van der Waals surface area contributed by atoms with Crippen molar-refractivity contribution >= 4 is 23.3 Å². The van der Waals surface area contributed by atoms with Gasteiger partial charge in [0, 0.05) is 11.2 Å². The minimum atomic E-state index is -0.254. The summed E-state index contributed by atoms with van der Waals surface area (Å²) in [5.41, 5.74) is 0. The molecule has 0 aromatic carbocycles. The number of amides is 1. The number of aromatic nitrogens is 1. The Balaban J connectivity index is 2.65. The highest BCUT2D eigenvalue weighted by Crippen LogP contribution is 2.11. The molecule has 0 aliphatic rings. The predicted molar refractivity (Wildman–Crippen MR) is 56.4 cm³/mol. The van der Waals surface area contributed by atoms with Gasteiger partial charge in [0.25, 0.3) is 0 Å². The molecule has 1 heterocycles. The first-order valence-electron chi connectivity index (χ1n) is 4.23. The van der Waals surface area contributed by atoms with Crippen molar-refractivity contribution in [2.24, 2.45) is 0 Å². The molecule has 5 heteroatoms. The summed E-state index contributed by atoms with van der Waals surface area (Å²) in [6.07, 6.45) is 1.54. The first-order chi connectivity index (χ1) is 6.63. The largest absolute Gasteiger partial charge is 0.309 e. The monoisotopic (exact) mass is 213 g/mol. The summed E-state index contributed by atoms with van der Waals surface area (Å²) in [6, 6.07) is 3.00. The second-order valence-electron chi connectivity index (χ2n) is 2.86. The van der Waals surface area contributed by atoms with Crippen molar-refractivity contribution in [1.82, 2.24) is 10.3 Å². The zero-order valence-corrected chi connectivity index (χ0v) is 8.80. The van der Waals surface area contributed by atoms with Crippen LogP contribution in [0.25, 0.3) is 0 Å². The van der Waals surface area contributed by atoms with Gasteiger partial charge in [-0.05, 0) is 26.1 Å². The van der Waals surface area contributed by atoms with Crippen LogP contribution in [0.2, 0.25) is 5.02 Å². The molecule has 1 unspecified atom stereocenters. The Bertz CT molecular complexity index is 330. The summed E-state index contributed by atoms with van der Waals surface area (Å²) < 4.78 is 0. The van der Waals surface area contributed by atoms with Crippen molar-refractivity contribution in [3.63, 3.8) is 0 Å². The maximum atomic E-state index is 11.4. The van der Waals surface area contributed by atoms with Crippen LogP contribution in [0, 0.1) is 0 Å². The van der Waals surface area contributed by atoms with Crippen LogP contribution in [-0.2, 0) is 4.79 Å². The van der Waals surface area contributed by atoms with Crippen LogP contribution in [0.3, 0.4) is 0 Å². The fourth-order valence-electron chi connectivity index (χ4n) is 0.839. The minimum absolute atomic E-state index is 0.137. The lowest BCUT2D eigenvalue weighted by Gasteiger charge is -2.09. The molecule has 1 atom stereocenters. The molecule has 1 rings (SSSR count). The van der Waals surface area contributed by atoms with Crippen molar-refractivity contribution in [2.45, 2.75) is 13.0 Å². The molecule has 1 aromatic heterocycles. The van der Waals surface area contributed by atoms with E-state index in [-0.39, 0.29) is 11.9 Å². The third-order valence-corrected chi connectivity index (χ3v) is 2.03. The molecule has 4 nitrogen and oxygen atoms in total.